The fourth-order valence-electron chi connectivity index (χ4n) is 4.92. The van der Waals surface area contributed by atoms with Gasteiger partial charge in [-0.3, -0.25) is 0 Å². The maximum Gasteiger partial charge on any atom is 0.0363 e. The summed E-state index contributed by atoms with van der Waals surface area (Å²) in [7, 11) is 0. The van der Waals surface area contributed by atoms with Crippen LogP contribution in [0.5, 0.6) is 0 Å². The van der Waals surface area contributed by atoms with Crippen LogP contribution in [0, 0.1) is 6.07 Å². The normalized spacial score (nSPS) is 21.3. The molecule has 1 fully saturated rings. The molecule has 6 rings (SSSR count). The Kier molecular flexibility index (Phi) is 3.11. The summed E-state index contributed by atoms with van der Waals surface area (Å²) in [4.78, 5) is 5.19. The molecule has 4 aromatic rings. The summed E-state index contributed by atoms with van der Waals surface area (Å²) in [5.41, 5.74) is 4.04. The van der Waals surface area contributed by atoms with Gasteiger partial charge in [0.15, 0.2) is 0 Å². The molecular weight excluding hydrogens is 470 g/mol. The molecule has 2 unspecified atom stereocenters. The van der Waals surface area contributed by atoms with Crippen LogP contribution in [-0.4, -0.2) is 4.98 Å². The molecule has 2 aliphatic rings. The molecule has 2 atom stereocenters. The van der Waals surface area contributed by atoms with Crippen LogP contribution in [-0.2, 0) is 20.1 Å². The van der Waals surface area contributed by atoms with Crippen molar-refractivity contribution in [1.29, 1.82) is 0 Å². The molecule has 24 heavy (non-hydrogen) atoms. The Balaban J connectivity index is 0.00000131. The van der Waals surface area contributed by atoms with Gasteiger partial charge in [0.2, 0.25) is 0 Å². The van der Waals surface area contributed by atoms with E-state index >= 15 is 0 Å². The third kappa shape index (κ3) is 1.76. The summed E-state index contributed by atoms with van der Waals surface area (Å²) in [5, 5.41) is 6.39. The van der Waals surface area contributed by atoms with Crippen LogP contribution in [0.1, 0.15) is 42.4 Å². The summed E-state index contributed by atoms with van der Waals surface area (Å²) in [6.45, 7) is 0. The van der Waals surface area contributed by atoms with E-state index in [0.717, 1.165) is 11.4 Å². The van der Waals surface area contributed by atoms with Crippen LogP contribution in [0.2, 0.25) is 0 Å². The van der Waals surface area contributed by atoms with Gasteiger partial charge in [0.1, 0.15) is 0 Å². The second kappa shape index (κ2) is 5.12. The Morgan fingerprint density at radius 1 is 0.875 bits per heavy atom. The summed E-state index contributed by atoms with van der Waals surface area (Å²) in [6.07, 6.45) is 3.99. The molecule has 3 aromatic carbocycles. The average molecular weight is 487 g/mol. The maximum absolute atomic E-state index is 5.19. The van der Waals surface area contributed by atoms with Crippen molar-refractivity contribution in [2.24, 2.45) is 0 Å². The van der Waals surface area contributed by atoms with Crippen LogP contribution in [0.25, 0.3) is 32.4 Å². The molecule has 2 aliphatic carbocycles. The van der Waals surface area contributed by atoms with E-state index in [1.54, 1.807) is 0 Å². The average Bonchev–Trinajstić information content (AvgIpc) is 3.23. The standard InChI is InChI=1S/C22H16N.Ir/c1-2-7-17-15(5-1)16-6-3-4-8-18(16)22-20(17)12-19-13-9-10-14(11-13)21(19)23-22;/h1-7,12-14H,9-11H2;/q-1;. The van der Waals surface area contributed by atoms with Crippen LogP contribution in [0.4, 0.5) is 0 Å². The molecule has 1 nitrogen and oxygen atoms in total. The largest absolute Gasteiger partial charge is 0.300 e. The van der Waals surface area contributed by atoms with Crippen molar-refractivity contribution < 1.29 is 20.1 Å². The minimum absolute atomic E-state index is 0. The number of hydrogen-bond acceptors (Lipinski definition) is 1. The third-order valence-corrected chi connectivity index (χ3v) is 5.94. The number of fused-ring (bicyclic) bond motifs is 11. The van der Waals surface area contributed by atoms with E-state index < -0.39 is 0 Å². The smallest absolute Gasteiger partial charge is 0.0363 e. The SMILES string of the molecule is [Ir].[c-]1cccc2c1c1nc3c(cc1c1ccccc21)C1CCC3C1. The molecule has 0 saturated heterocycles. The minimum Gasteiger partial charge on any atom is -0.300 e. The van der Waals surface area contributed by atoms with E-state index in [0.29, 0.717) is 5.92 Å². The zero-order valence-electron chi connectivity index (χ0n) is 13.2. The van der Waals surface area contributed by atoms with Crippen LogP contribution < -0.4 is 0 Å². The van der Waals surface area contributed by atoms with E-state index in [9.17, 15) is 0 Å². The second-order valence-electron chi connectivity index (χ2n) is 7.07. The molecule has 1 saturated carbocycles. The predicted octanol–water partition coefficient (Wildman–Crippen LogP) is 5.70. The van der Waals surface area contributed by atoms with E-state index in [2.05, 4.69) is 48.5 Å². The molecule has 0 N–H and O–H groups in total. The zero-order valence-corrected chi connectivity index (χ0v) is 15.6. The van der Waals surface area contributed by atoms with Crippen molar-refractivity contribution in [3.05, 3.63) is 65.9 Å². The maximum atomic E-state index is 5.19. The van der Waals surface area contributed by atoms with Gasteiger partial charge in [-0.05, 0) is 47.0 Å². The topological polar surface area (TPSA) is 12.9 Å². The Labute approximate surface area is 154 Å². The Hall–Kier alpha value is -1.76. The molecule has 2 bridgehead atoms. The minimum atomic E-state index is 0. The molecule has 1 radical (unpaired) electrons. The fraction of sp³-hybridized carbons (Fsp3) is 0.227. The van der Waals surface area contributed by atoms with E-state index in [1.165, 1.54) is 57.5 Å². The zero-order chi connectivity index (χ0) is 15.0. The molecule has 1 heterocycles. The predicted molar refractivity (Wildman–Crippen MR) is 94.9 cm³/mol. The van der Waals surface area contributed by atoms with Gasteiger partial charge in [0, 0.05) is 31.7 Å². The first-order chi connectivity index (χ1) is 11.4. The van der Waals surface area contributed by atoms with E-state index in [4.69, 9.17) is 4.98 Å². The van der Waals surface area contributed by atoms with Crippen LogP contribution in [0.15, 0.2) is 48.5 Å². The quantitative estimate of drug-likeness (QED) is 0.229. The van der Waals surface area contributed by atoms with Crippen LogP contribution >= 0.6 is 0 Å². The number of benzene rings is 3. The van der Waals surface area contributed by atoms with Crippen molar-refractivity contribution in [3.63, 3.8) is 0 Å². The van der Waals surface area contributed by atoms with Gasteiger partial charge in [-0.1, -0.05) is 41.1 Å². The molecule has 1 aromatic heterocycles. The molecule has 0 aliphatic heterocycles. The fourth-order valence-corrected chi connectivity index (χ4v) is 4.92. The van der Waals surface area contributed by atoms with Crippen LogP contribution in [0.3, 0.4) is 0 Å². The Morgan fingerprint density at radius 3 is 2.50 bits per heavy atom. The van der Waals surface area contributed by atoms with Crippen molar-refractivity contribution >= 4 is 32.4 Å². The summed E-state index contributed by atoms with van der Waals surface area (Å²) < 4.78 is 0. The van der Waals surface area contributed by atoms with Gasteiger partial charge in [-0.15, -0.1) is 29.7 Å². The van der Waals surface area contributed by atoms with Crippen molar-refractivity contribution in [3.8, 4) is 0 Å². The van der Waals surface area contributed by atoms with Crippen molar-refractivity contribution in [2.45, 2.75) is 31.1 Å². The summed E-state index contributed by atoms with van der Waals surface area (Å²) in [5.74, 6) is 1.45. The van der Waals surface area contributed by atoms with Crippen molar-refractivity contribution in [2.75, 3.05) is 0 Å². The molecule has 0 spiro atoms. The van der Waals surface area contributed by atoms with Gasteiger partial charge < -0.3 is 4.98 Å². The number of aromatic nitrogens is 1. The second-order valence-corrected chi connectivity index (χ2v) is 7.07. The van der Waals surface area contributed by atoms with E-state index in [-0.39, 0.29) is 20.1 Å². The number of nitrogens with zero attached hydrogens (tertiary/aromatic N) is 1. The van der Waals surface area contributed by atoms with Gasteiger partial charge in [0.05, 0.1) is 0 Å². The first-order valence-corrected chi connectivity index (χ1v) is 8.56. The van der Waals surface area contributed by atoms with Gasteiger partial charge in [-0.25, -0.2) is 0 Å². The number of rotatable bonds is 0. The van der Waals surface area contributed by atoms with Crippen molar-refractivity contribution in [1.82, 2.24) is 4.98 Å². The van der Waals surface area contributed by atoms with E-state index in [1.807, 2.05) is 6.07 Å². The monoisotopic (exact) mass is 487 g/mol. The number of hydrogen-bond donors (Lipinski definition) is 0. The Bertz CT molecular complexity index is 1030. The first kappa shape index (κ1) is 14.6. The molecule has 0 amide bonds. The summed E-state index contributed by atoms with van der Waals surface area (Å²) in [6, 6.07) is 20.9. The van der Waals surface area contributed by atoms with Gasteiger partial charge >= 0.3 is 0 Å². The molecular formula is C22H16IrN-. The number of pyridine rings is 1. The van der Waals surface area contributed by atoms with Gasteiger partial charge in [0.25, 0.3) is 0 Å². The molecule has 2 heteroatoms. The Morgan fingerprint density at radius 2 is 1.62 bits per heavy atom. The molecule has 119 valence electrons. The summed E-state index contributed by atoms with van der Waals surface area (Å²) >= 11 is 0. The first-order valence-electron chi connectivity index (χ1n) is 8.56. The third-order valence-electron chi connectivity index (χ3n) is 5.94. The van der Waals surface area contributed by atoms with Gasteiger partial charge in [-0.2, -0.15) is 0 Å².